The van der Waals surface area contributed by atoms with Crippen molar-refractivity contribution in [1.29, 1.82) is 0 Å². The summed E-state index contributed by atoms with van der Waals surface area (Å²) < 4.78 is 70.9. The van der Waals surface area contributed by atoms with E-state index in [1.54, 1.807) is 0 Å². The van der Waals surface area contributed by atoms with Crippen molar-refractivity contribution in [3.63, 3.8) is 0 Å². The van der Waals surface area contributed by atoms with Crippen LogP contribution in [0.2, 0.25) is 0 Å². The molecule has 0 amide bonds. The van der Waals surface area contributed by atoms with Gasteiger partial charge in [-0.2, -0.15) is 27.5 Å². The average Bonchev–Trinajstić information content (AvgIpc) is 2.71. The van der Waals surface area contributed by atoms with Crippen LogP contribution in [0.15, 0.2) is 24.4 Å². The zero-order valence-electron chi connectivity index (χ0n) is 15.6. The van der Waals surface area contributed by atoms with Gasteiger partial charge in [0.05, 0.1) is 6.42 Å². The van der Waals surface area contributed by atoms with Gasteiger partial charge in [-0.15, -0.1) is 0 Å². The van der Waals surface area contributed by atoms with Crippen LogP contribution in [0, 0.1) is 0 Å². The quantitative estimate of drug-likeness (QED) is 0.159. The number of hydrogen-bond donors (Lipinski definition) is 0. The van der Waals surface area contributed by atoms with Crippen molar-refractivity contribution in [2.75, 3.05) is 13.3 Å². The Morgan fingerprint density at radius 1 is 0.875 bits per heavy atom. The van der Waals surface area contributed by atoms with Crippen molar-refractivity contribution in [2.24, 2.45) is 9.98 Å². The molecule has 0 N–H and O–H groups in total. The van der Waals surface area contributed by atoms with E-state index in [9.17, 15) is 50.7 Å². The van der Waals surface area contributed by atoms with Crippen LogP contribution in [0.3, 0.4) is 0 Å². The molecule has 0 bridgehead atoms. The monoisotopic (exact) mass is 473 g/mol. The third kappa shape index (κ3) is 7.19. The first-order chi connectivity index (χ1) is 14.9. The number of halogens is 5. The van der Waals surface area contributed by atoms with Crippen LogP contribution in [-0.2, 0) is 43.7 Å². The summed E-state index contributed by atoms with van der Waals surface area (Å²) in [5.41, 5.74) is -4.09. The third-order valence-electron chi connectivity index (χ3n) is 3.33. The number of hydrogen-bond acceptors (Lipinski definition) is 10. The van der Waals surface area contributed by atoms with E-state index in [0.29, 0.717) is 0 Å². The minimum absolute atomic E-state index is 0.231. The number of ether oxygens (including phenoxy) is 2. The van der Waals surface area contributed by atoms with Crippen LogP contribution in [0.25, 0.3) is 0 Å². The van der Waals surface area contributed by atoms with Gasteiger partial charge in [-0.25, -0.2) is 42.1 Å². The summed E-state index contributed by atoms with van der Waals surface area (Å²) in [5, 5.41) is 0. The van der Waals surface area contributed by atoms with Gasteiger partial charge in [-0.3, -0.25) is 9.53 Å². The first-order valence-electron chi connectivity index (χ1n) is 8.08. The number of carbonyl (C=O) groups is 1. The van der Waals surface area contributed by atoms with Crippen LogP contribution in [0.5, 0.6) is 0 Å². The Bertz CT molecular complexity index is 1060. The molecule has 0 unspecified atom stereocenters. The molecule has 0 radical (unpaired) electrons. The SMILES string of the molecule is O=C=NCn1c(=O)n(CCC(=O)OCC(F)(F)OC(F)(F)CF)c(=O)n(CN=C=O)c1=O. The first-order valence-corrected chi connectivity index (χ1v) is 8.08. The summed E-state index contributed by atoms with van der Waals surface area (Å²) in [4.78, 5) is 74.7. The minimum Gasteiger partial charge on any atom is -0.456 e. The lowest BCUT2D eigenvalue weighted by molar-refractivity contribution is -0.384. The molecular weight excluding hydrogens is 461 g/mol. The molecule has 0 aliphatic rings. The molecule has 0 spiro atoms. The smallest absolute Gasteiger partial charge is 0.394 e. The molecular formula is C14H12F5N5O8. The van der Waals surface area contributed by atoms with Crippen LogP contribution in [0.1, 0.15) is 6.42 Å². The molecule has 1 aromatic heterocycles. The maximum absolute atomic E-state index is 13.2. The van der Waals surface area contributed by atoms with Crippen LogP contribution >= 0.6 is 0 Å². The molecule has 0 aliphatic heterocycles. The van der Waals surface area contributed by atoms with Gasteiger partial charge in [0.1, 0.15) is 13.3 Å². The molecule has 1 rings (SSSR count). The fourth-order valence-corrected chi connectivity index (χ4v) is 2.03. The molecule has 13 nitrogen and oxygen atoms in total. The zero-order chi connectivity index (χ0) is 24.5. The second-order valence-corrected chi connectivity index (χ2v) is 5.56. The fraction of sp³-hybridized carbons (Fsp3) is 0.571. The predicted molar refractivity (Wildman–Crippen MR) is 88.0 cm³/mol. The zero-order valence-corrected chi connectivity index (χ0v) is 15.6. The summed E-state index contributed by atoms with van der Waals surface area (Å²) in [6, 6.07) is 0. The number of nitrogens with zero attached hydrogens (tertiary/aromatic N) is 5. The van der Waals surface area contributed by atoms with Crippen molar-refractivity contribution >= 4 is 18.1 Å². The molecule has 176 valence electrons. The molecule has 0 aromatic carbocycles. The van der Waals surface area contributed by atoms with E-state index in [1.807, 2.05) is 0 Å². The third-order valence-corrected chi connectivity index (χ3v) is 3.33. The Labute approximate surface area is 172 Å². The summed E-state index contributed by atoms with van der Waals surface area (Å²) >= 11 is 0. The topological polar surface area (TPSA) is 160 Å². The number of alkyl halides is 5. The maximum atomic E-state index is 13.2. The molecule has 0 saturated carbocycles. The fourth-order valence-electron chi connectivity index (χ4n) is 2.03. The number of aliphatic imine (C=N–C) groups is 2. The lowest BCUT2D eigenvalue weighted by atomic mass is 10.4. The summed E-state index contributed by atoms with van der Waals surface area (Å²) in [6.45, 7) is -7.28. The Morgan fingerprint density at radius 3 is 1.78 bits per heavy atom. The lowest BCUT2D eigenvalue weighted by Gasteiger charge is -2.21. The van der Waals surface area contributed by atoms with E-state index in [2.05, 4.69) is 19.5 Å². The van der Waals surface area contributed by atoms with Crippen molar-refractivity contribution in [1.82, 2.24) is 13.7 Å². The van der Waals surface area contributed by atoms with Gasteiger partial charge < -0.3 is 4.74 Å². The highest BCUT2D eigenvalue weighted by atomic mass is 19.3. The molecule has 32 heavy (non-hydrogen) atoms. The Balaban J connectivity index is 3.06. The van der Waals surface area contributed by atoms with E-state index < -0.39 is 74.8 Å². The molecule has 0 saturated heterocycles. The van der Waals surface area contributed by atoms with Gasteiger partial charge in [0.25, 0.3) is 0 Å². The van der Waals surface area contributed by atoms with Crippen molar-refractivity contribution in [2.45, 2.75) is 38.5 Å². The Kier molecular flexibility index (Phi) is 9.06. The number of carbonyl (C=O) groups excluding carboxylic acids is 3. The number of rotatable bonds is 12. The molecule has 0 atom stereocenters. The van der Waals surface area contributed by atoms with Crippen molar-refractivity contribution in [3.05, 3.63) is 31.5 Å². The van der Waals surface area contributed by atoms with Gasteiger partial charge in [-0.05, 0) is 0 Å². The number of esters is 1. The van der Waals surface area contributed by atoms with E-state index in [-0.39, 0.29) is 13.7 Å². The number of isocyanates is 2. The minimum atomic E-state index is -4.84. The molecule has 1 heterocycles. The van der Waals surface area contributed by atoms with Crippen molar-refractivity contribution in [3.8, 4) is 0 Å². The highest BCUT2D eigenvalue weighted by Crippen LogP contribution is 2.27. The number of aromatic nitrogens is 3. The van der Waals surface area contributed by atoms with Gasteiger partial charge in [-0.1, -0.05) is 0 Å². The average molecular weight is 473 g/mol. The van der Waals surface area contributed by atoms with Crippen LogP contribution in [0.4, 0.5) is 22.0 Å². The highest BCUT2D eigenvalue weighted by molar-refractivity contribution is 5.69. The predicted octanol–water partition coefficient (Wildman–Crippen LogP) is -1.14. The molecule has 18 heteroatoms. The molecule has 0 fully saturated rings. The summed E-state index contributed by atoms with van der Waals surface area (Å²) in [6.07, 6.45) is -8.50. The molecule has 1 aromatic rings. The summed E-state index contributed by atoms with van der Waals surface area (Å²) in [7, 11) is 0. The molecule has 0 aliphatic carbocycles. The van der Waals surface area contributed by atoms with Gasteiger partial charge in [0.2, 0.25) is 12.2 Å². The van der Waals surface area contributed by atoms with Gasteiger partial charge >= 0.3 is 35.3 Å². The van der Waals surface area contributed by atoms with E-state index in [4.69, 9.17) is 0 Å². The standard InChI is InChI=1S/C14H12F5N5O8/c15-3-13(16,17)32-14(18,19)4-31-9(27)1-2-22-10(28)23(5-20-7-25)12(30)24(11(22)29)6-21-8-26/h1-6H2. The largest absolute Gasteiger partial charge is 0.456 e. The van der Waals surface area contributed by atoms with Gasteiger partial charge in [0.15, 0.2) is 13.3 Å². The normalized spacial score (nSPS) is 11.4. The second kappa shape index (κ2) is 11.0. The summed E-state index contributed by atoms with van der Waals surface area (Å²) in [5.74, 6) is -1.52. The Morgan fingerprint density at radius 2 is 1.34 bits per heavy atom. The van der Waals surface area contributed by atoms with E-state index in [1.165, 1.54) is 0 Å². The van der Waals surface area contributed by atoms with E-state index >= 15 is 0 Å². The lowest BCUT2D eigenvalue weighted by Crippen LogP contribution is -2.54. The van der Waals surface area contributed by atoms with Crippen LogP contribution in [-0.4, -0.2) is 57.3 Å². The maximum Gasteiger partial charge on any atom is 0.394 e. The van der Waals surface area contributed by atoms with E-state index in [0.717, 1.165) is 12.2 Å². The first kappa shape index (κ1) is 26.3. The van der Waals surface area contributed by atoms with Crippen LogP contribution < -0.4 is 17.1 Å². The Hall–Kier alpha value is -3.75. The van der Waals surface area contributed by atoms with Gasteiger partial charge in [0, 0.05) is 6.54 Å². The van der Waals surface area contributed by atoms with Crippen molar-refractivity contribution < 1.29 is 45.8 Å². The second-order valence-electron chi connectivity index (χ2n) is 5.56. The highest BCUT2D eigenvalue weighted by Gasteiger charge is 2.45.